The van der Waals surface area contributed by atoms with Gasteiger partial charge < -0.3 is 9.72 Å². The zero-order chi connectivity index (χ0) is 13.7. The van der Waals surface area contributed by atoms with Crippen molar-refractivity contribution >= 4 is 12.0 Å². The fraction of sp³-hybridized carbons (Fsp3) is 0.188. The van der Waals surface area contributed by atoms with Crippen LogP contribution < -0.4 is 0 Å². The van der Waals surface area contributed by atoms with Gasteiger partial charge in [0.05, 0.1) is 6.61 Å². The fourth-order valence-electron chi connectivity index (χ4n) is 1.89. The zero-order valence-electron chi connectivity index (χ0n) is 11.1. The summed E-state index contributed by atoms with van der Waals surface area (Å²) >= 11 is 0. The number of hydrogen-bond donors (Lipinski definition) is 1. The van der Waals surface area contributed by atoms with Crippen LogP contribution in [0.3, 0.4) is 0 Å². The smallest absolute Gasteiger partial charge is 0.333 e. The topological polar surface area (TPSA) is 42.1 Å². The molecule has 2 rings (SSSR count). The molecule has 0 fully saturated rings. The quantitative estimate of drug-likeness (QED) is 0.669. The highest BCUT2D eigenvalue weighted by Gasteiger charge is 2.08. The molecule has 2 aromatic rings. The highest BCUT2D eigenvalue weighted by molar-refractivity contribution is 5.94. The van der Waals surface area contributed by atoms with Crippen molar-refractivity contribution in [3.63, 3.8) is 0 Å². The number of benzene rings is 1. The predicted octanol–water partition coefficient (Wildman–Crippen LogP) is 3.65. The molecule has 0 unspecified atom stereocenters. The van der Waals surface area contributed by atoms with Gasteiger partial charge in [-0.3, -0.25) is 0 Å². The van der Waals surface area contributed by atoms with E-state index in [2.05, 4.69) is 4.98 Å². The van der Waals surface area contributed by atoms with Crippen molar-refractivity contribution in [2.24, 2.45) is 0 Å². The summed E-state index contributed by atoms with van der Waals surface area (Å²) in [6.07, 6.45) is 3.69. The molecule has 0 aliphatic rings. The highest BCUT2D eigenvalue weighted by atomic mass is 16.5. The van der Waals surface area contributed by atoms with Crippen molar-refractivity contribution in [2.75, 3.05) is 6.61 Å². The van der Waals surface area contributed by atoms with Gasteiger partial charge >= 0.3 is 5.97 Å². The molecule has 98 valence electrons. The van der Waals surface area contributed by atoms with Gasteiger partial charge in [0.2, 0.25) is 0 Å². The van der Waals surface area contributed by atoms with Gasteiger partial charge in [0.25, 0.3) is 0 Å². The lowest BCUT2D eigenvalue weighted by Crippen LogP contribution is -2.04. The number of H-pyrrole nitrogens is 1. The Morgan fingerprint density at radius 1 is 1.26 bits per heavy atom. The first-order chi connectivity index (χ1) is 9.22. The fourth-order valence-corrected chi connectivity index (χ4v) is 1.89. The number of aromatic nitrogens is 1. The molecule has 0 amide bonds. The molecule has 0 aliphatic carbocycles. The summed E-state index contributed by atoms with van der Waals surface area (Å²) in [6, 6.07) is 12.1. The van der Waals surface area contributed by atoms with Gasteiger partial charge in [-0.2, -0.15) is 0 Å². The van der Waals surface area contributed by atoms with E-state index in [-0.39, 0.29) is 5.97 Å². The van der Waals surface area contributed by atoms with E-state index in [9.17, 15) is 4.79 Å². The second kappa shape index (κ2) is 6.05. The van der Waals surface area contributed by atoms with Crippen LogP contribution in [0.15, 0.2) is 48.2 Å². The number of rotatable bonds is 4. The van der Waals surface area contributed by atoms with E-state index in [0.29, 0.717) is 12.2 Å². The van der Waals surface area contributed by atoms with Crippen molar-refractivity contribution in [3.8, 4) is 11.1 Å². The standard InChI is InChI=1S/C16H17NO2/c1-3-19-16(18)12(2)11-15-14(9-10-17-15)13-7-5-4-6-8-13/h4-11,17H,3H2,1-2H3/b12-11-. The number of nitrogens with one attached hydrogen (secondary N) is 1. The SMILES string of the molecule is CCOC(=O)/C(C)=C\c1[nH]ccc1-c1ccccc1. The molecule has 1 N–H and O–H groups in total. The van der Waals surface area contributed by atoms with Gasteiger partial charge in [0.15, 0.2) is 0 Å². The molecule has 0 radical (unpaired) electrons. The summed E-state index contributed by atoms with van der Waals surface area (Å²) in [6.45, 7) is 3.95. The summed E-state index contributed by atoms with van der Waals surface area (Å²) < 4.78 is 4.98. The van der Waals surface area contributed by atoms with E-state index < -0.39 is 0 Å². The van der Waals surface area contributed by atoms with Crippen LogP contribution in [0.5, 0.6) is 0 Å². The van der Waals surface area contributed by atoms with Gasteiger partial charge in [-0.1, -0.05) is 30.3 Å². The molecule has 0 atom stereocenters. The second-order valence-electron chi connectivity index (χ2n) is 4.22. The van der Waals surface area contributed by atoms with E-state index in [1.807, 2.05) is 48.7 Å². The Labute approximate surface area is 112 Å². The number of carbonyl (C=O) groups excluding carboxylic acids is 1. The minimum Gasteiger partial charge on any atom is -0.463 e. The molecule has 3 heteroatoms. The summed E-state index contributed by atoms with van der Waals surface area (Å²) in [7, 11) is 0. The maximum absolute atomic E-state index is 11.6. The lowest BCUT2D eigenvalue weighted by atomic mass is 10.1. The monoisotopic (exact) mass is 255 g/mol. The number of hydrogen-bond acceptors (Lipinski definition) is 2. The van der Waals surface area contributed by atoms with E-state index in [1.54, 1.807) is 13.8 Å². The molecular formula is C16H17NO2. The van der Waals surface area contributed by atoms with Crippen LogP contribution in [0.25, 0.3) is 17.2 Å². The Bertz CT molecular complexity index is 582. The predicted molar refractivity (Wildman–Crippen MR) is 76.5 cm³/mol. The highest BCUT2D eigenvalue weighted by Crippen LogP contribution is 2.24. The van der Waals surface area contributed by atoms with Gasteiger partial charge in [-0.15, -0.1) is 0 Å². The third-order valence-electron chi connectivity index (χ3n) is 2.82. The largest absolute Gasteiger partial charge is 0.463 e. The average molecular weight is 255 g/mol. The average Bonchev–Trinajstić information content (AvgIpc) is 2.88. The van der Waals surface area contributed by atoms with Crippen molar-refractivity contribution in [2.45, 2.75) is 13.8 Å². The number of esters is 1. The Kier molecular flexibility index (Phi) is 4.18. The van der Waals surface area contributed by atoms with E-state index in [4.69, 9.17) is 4.74 Å². The van der Waals surface area contributed by atoms with E-state index in [0.717, 1.165) is 16.8 Å². The van der Waals surface area contributed by atoms with Crippen LogP contribution in [0, 0.1) is 0 Å². The third-order valence-corrected chi connectivity index (χ3v) is 2.82. The minimum absolute atomic E-state index is 0.281. The van der Waals surface area contributed by atoms with E-state index in [1.165, 1.54) is 0 Å². The van der Waals surface area contributed by atoms with Gasteiger partial charge in [0, 0.05) is 23.0 Å². The van der Waals surface area contributed by atoms with Crippen molar-refractivity contribution in [1.82, 2.24) is 4.98 Å². The molecule has 1 heterocycles. The molecule has 0 saturated carbocycles. The first-order valence-corrected chi connectivity index (χ1v) is 6.30. The summed E-state index contributed by atoms with van der Waals surface area (Å²) in [5.74, 6) is -0.281. The molecule has 3 nitrogen and oxygen atoms in total. The Hall–Kier alpha value is -2.29. The van der Waals surface area contributed by atoms with Crippen molar-refractivity contribution in [1.29, 1.82) is 0 Å². The van der Waals surface area contributed by atoms with Crippen molar-refractivity contribution in [3.05, 3.63) is 53.9 Å². The Balaban J connectivity index is 2.31. The Morgan fingerprint density at radius 2 is 2.00 bits per heavy atom. The van der Waals surface area contributed by atoms with Crippen LogP contribution in [-0.4, -0.2) is 17.6 Å². The first-order valence-electron chi connectivity index (χ1n) is 6.30. The number of ether oxygens (including phenoxy) is 1. The zero-order valence-corrected chi connectivity index (χ0v) is 11.1. The molecule has 19 heavy (non-hydrogen) atoms. The van der Waals surface area contributed by atoms with Crippen LogP contribution in [-0.2, 0) is 9.53 Å². The molecular weight excluding hydrogens is 238 g/mol. The third kappa shape index (κ3) is 3.13. The van der Waals surface area contributed by atoms with Gasteiger partial charge in [-0.25, -0.2) is 4.79 Å². The summed E-state index contributed by atoms with van der Waals surface area (Å²) in [5, 5.41) is 0. The molecule has 0 aliphatic heterocycles. The number of aromatic amines is 1. The Morgan fingerprint density at radius 3 is 2.68 bits per heavy atom. The minimum atomic E-state index is -0.281. The van der Waals surface area contributed by atoms with Gasteiger partial charge in [-0.05, 0) is 31.6 Å². The maximum atomic E-state index is 11.6. The molecule has 1 aromatic heterocycles. The molecule has 0 saturated heterocycles. The lowest BCUT2D eigenvalue weighted by molar-refractivity contribution is -0.138. The van der Waals surface area contributed by atoms with Crippen molar-refractivity contribution < 1.29 is 9.53 Å². The van der Waals surface area contributed by atoms with Crippen LogP contribution in [0.4, 0.5) is 0 Å². The molecule has 0 bridgehead atoms. The van der Waals surface area contributed by atoms with Gasteiger partial charge in [0.1, 0.15) is 0 Å². The maximum Gasteiger partial charge on any atom is 0.333 e. The lowest BCUT2D eigenvalue weighted by Gasteiger charge is -2.03. The van der Waals surface area contributed by atoms with Crippen LogP contribution >= 0.6 is 0 Å². The van der Waals surface area contributed by atoms with E-state index >= 15 is 0 Å². The molecule has 0 spiro atoms. The summed E-state index contributed by atoms with van der Waals surface area (Å²) in [5.41, 5.74) is 3.69. The second-order valence-corrected chi connectivity index (χ2v) is 4.22. The summed E-state index contributed by atoms with van der Waals surface area (Å²) in [4.78, 5) is 14.8. The number of carbonyl (C=O) groups is 1. The van der Waals surface area contributed by atoms with Crippen LogP contribution in [0.1, 0.15) is 19.5 Å². The first kappa shape index (κ1) is 13.1. The molecule has 1 aromatic carbocycles. The normalized spacial score (nSPS) is 11.4. The van der Waals surface area contributed by atoms with Crippen LogP contribution in [0.2, 0.25) is 0 Å².